The highest BCUT2D eigenvalue weighted by molar-refractivity contribution is 5.37. The molecule has 0 bridgehead atoms. The minimum atomic E-state index is -0.146. The third-order valence-electron chi connectivity index (χ3n) is 3.22. The lowest BCUT2D eigenvalue weighted by molar-refractivity contribution is 0.221. The predicted molar refractivity (Wildman–Crippen MR) is 67.8 cm³/mol. The van der Waals surface area contributed by atoms with Crippen molar-refractivity contribution in [1.29, 1.82) is 0 Å². The largest absolute Gasteiger partial charge is 0.482 e. The first kappa shape index (κ1) is 12.2. The number of hydrogen-bond donors (Lipinski definition) is 1. The van der Waals surface area contributed by atoms with Gasteiger partial charge < -0.3 is 14.4 Å². The van der Waals surface area contributed by atoms with Crippen molar-refractivity contribution in [3.63, 3.8) is 0 Å². The summed E-state index contributed by atoms with van der Waals surface area (Å²) in [5.74, 6) is 2.12. The van der Waals surface area contributed by atoms with E-state index in [0.29, 0.717) is 18.1 Å². The molecule has 19 heavy (non-hydrogen) atoms. The number of benzene rings is 1. The Morgan fingerprint density at radius 2 is 2.16 bits per heavy atom. The number of aliphatic hydroxyl groups is 1. The van der Waals surface area contributed by atoms with Crippen LogP contribution in [-0.2, 0) is 12.8 Å². The van der Waals surface area contributed by atoms with Gasteiger partial charge in [0.2, 0.25) is 11.7 Å². The van der Waals surface area contributed by atoms with Crippen LogP contribution in [0.25, 0.3) is 0 Å². The molecule has 1 aliphatic heterocycles. The van der Waals surface area contributed by atoms with Gasteiger partial charge in [-0.05, 0) is 24.5 Å². The first-order chi connectivity index (χ1) is 9.36. The zero-order chi connectivity index (χ0) is 13.1. The van der Waals surface area contributed by atoms with Gasteiger partial charge in [0.1, 0.15) is 5.75 Å². The van der Waals surface area contributed by atoms with Crippen LogP contribution in [0.3, 0.4) is 0 Å². The number of ether oxygens (including phenoxy) is 1. The van der Waals surface area contributed by atoms with E-state index in [9.17, 15) is 0 Å². The molecule has 0 amide bonds. The fourth-order valence-corrected chi connectivity index (χ4v) is 2.21. The fourth-order valence-electron chi connectivity index (χ4n) is 2.21. The van der Waals surface area contributed by atoms with Crippen molar-refractivity contribution in [3.8, 4) is 5.75 Å². The van der Waals surface area contributed by atoms with Gasteiger partial charge in [-0.3, -0.25) is 0 Å². The average Bonchev–Trinajstić information content (AvgIpc) is 3.04. The van der Waals surface area contributed by atoms with Crippen molar-refractivity contribution in [1.82, 2.24) is 10.1 Å². The zero-order valence-electron chi connectivity index (χ0n) is 10.6. The lowest BCUT2D eigenvalue weighted by Gasteiger charge is -2.04. The van der Waals surface area contributed by atoms with Crippen LogP contribution in [0.4, 0.5) is 0 Å². The van der Waals surface area contributed by atoms with Crippen LogP contribution in [0.1, 0.15) is 36.2 Å². The molecular weight excluding hydrogens is 244 g/mol. The topological polar surface area (TPSA) is 68.4 Å². The number of hydrogen-bond acceptors (Lipinski definition) is 5. The van der Waals surface area contributed by atoms with Crippen molar-refractivity contribution < 1.29 is 14.4 Å². The molecular formula is C14H16N2O3. The SMILES string of the molecule is OCCCCc1nc(C2Cc3ccccc3O2)no1. The van der Waals surface area contributed by atoms with E-state index in [2.05, 4.69) is 16.2 Å². The van der Waals surface area contributed by atoms with Crippen LogP contribution in [0.2, 0.25) is 0 Å². The van der Waals surface area contributed by atoms with Gasteiger partial charge >= 0.3 is 0 Å². The monoisotopic (exact) mass is 260 g/mol. The molecule has 2 heterocycles. The summed E-state index contributed by atoms with van der Waals surface area (Å²) in [5.41, 5.74) is 1.18. The first-order valence-electron chi connectivity index (χ1n) is 6.54. The Morgan fingerprint density at radius 3 is 3.00 bits per heavy atom. The molecule has 2 aromatic rings. The lowest BCUT2D eigenvalue weighted by Crippen LogP contribution is -2.05. The molecule has 1 N–H and O–H groups in total. The Hall–Kier alpha value is -1.88. The Balaban J connectivity index is 1.65. The van der Waals surface area contributed by atoms with Crippen molar-refractivity contribution >= 4 is 0 Å². The molecule has 100 valence electrons. The van der Waals surface area contributed by atoms with E-state index in [-0.39, 0.29) is 12.7 Å². The number of fused-ring (bicyclic) bond motifs is 1. The number of para-hydroxylation sites is 1. The van der Waals surface area contributed by atoms with Gasteiger partial charge in [0, 0.05) is 19.4 Å². The Bertz CT molecular complexity index is 528. The highest BCUT2D eigenvalue weighted by Crippen LogP contribution is 2.35. The van der Waals surface area contributed by atoms with E-state index < -0.39 is 0 Å². The van der Waals surface area contributed by atoms with Gasteiger partial charge in [0.05, 0.1) is 0 Å². The molecule has 5 heteroatoms. The smallest absolute Gasteiger partial charge is 0.226 e. The number of aromatic nitrogens is 2. The molecule has 1 aliphatic rings. The molecule has 1 unspecified atom stereocenters. The van der Waals surface area contributed by atoms with Crippen LogP contribution in [0.5, 0.6) is 5.75 Å². The van der Waals surface area contributed by atoms with Crippen molar-refractivity contribution in [2.45, 2.75) is 31.8 Å². The van der Waals surface area contributed by atoms with E-state index in [1.807, 2.05) is 18.2 Å². The standard InChI is InChI=1S/C14H16N2O3/c17-8-4-3-7-13-15-14(16-19-13)12-9-10-5-1-2-6-11(10)18-12/h1-2,5-6,12,17H,3-4,7-9H2. The fraction of sp³-hybridized carbons (Fsp3) is 0.429. The highest BCUT2D eigenvalue weighted by Gasteiger charge is 2.27. The number of nitrogens with zero attached hydrogens (tertiary/aromatic N) is 2. The summed E-state index contributed by atoms with van der Waals surface area (Å²) in [6, 6.07) is 7.97. The molecule has 0 saturated carbocycles. The van der Waals surface area contributed by atoms with E-state index in [4.69, 9.17) is 14.4 Å². The minimum Gasteiger partial charge on any atom is -0.482 e. The summed E-state index contributed by atoms with van der Waals surface area (Å²) in [4.78, 5) is 4.36. The van der Waals surface area contributed by atoms with E-state index in [1.54, 1.807) is 0 Å². The lowest BCUT2D eigenvalue weighted by atomic mass is 10.1. The number of aliphatic hydroxyl groups excluding tert-OH is 1. The second-order valence-corrected chi connectivity index (χ2v) is 4.65. The Morgan fingerprint density at radius 1 is 1.26 bits per heavy atom. The van der Waals surface area contributed by atoms with Crippen LogP contribution in [-0.4, -0.2) is 21.9 Å². The molecule has 3 rings (SSSR count). The summed E-state index contributed by atoms with van der Waals surface area (Å²) in [6.45, 7) is 0.196. The van der Waals surface area contributed by atoms with E-state index in [0.717, 1.165) is 25.0 Å². The van der Waals surface area contributed by atoms with Gasteiger partial charge in [-0.2, -0.15) is 4.98 Å². The Labute approximate surface area is 111 Å². The summed E-state index contributed by atoms with van der Waals surface area (Å²) < 4.78 is 11.0. The summed E-state index contributed by atoms with van der Waals surface area (Å²) in [6.07, 6.45) is 2.94. The predicted octanol–water partition coefficient (Wildman–Crippen LogP) is 2.06. The second-order valence-electron chi connectivity index (χ2n) is 4.65. The third kappa shape index (κ3) is 2.61. The second kappa shape index (κ2) is 5.40. The highest BCUT2D eigenvalue weighted by atomic mass is 16.5. The van der Waals surface area contributed by atoms with Crippen LogP contribution in [0.15, 0.2) is 28.8 Å². The van der Waals surface area contributed by atoms with E-state index >= 15 is 0 Å². The summed E-state index contributed by atoms with van der Waals surface area (Å²) in [7, 11) is 0. The third-order valence-corrected chi connectivity index (χ3v) is 3.22. The van der Waals surface area contributed by atoms with Crippen LogP contribution >= 0.6 is 0 Å². The maximum absolute atomic E-state index is 8.74. The van der Waals surface area contributed by atoms with Crippen LogP contribution in [0, 0.1) is 0 Å². The van der Waals surface area contributed by atoms with Gasteiger partial charge in [0.15, 0.2) is 6.10 Å². The maximum Gasteiger partial charge on any atom is 0.226 e. The average molecular weight is 260 g/mol. The molecule has 0 aliphatic carbocycles. The normalized spacial score (nSPS) is 17.2. The molecule has 1 atom stereocenters. The maximum atomic E-state index is 8.74. The molecule has 0 saturated heterocycles. The van der Waals surface area contributed by atoms with Gasteiger partial charge in [0.25, 0.3) is 0 Å². The van der Waals surface area contributed by atoms with Gasteiger partial charge in [-0.15, -0.1) is 0 Å². The zero-order valence-corrected chi connectivity index (χ0v) is 10.6. The summed E-state index contributed by atoms with van der Waals surface area (Å²) in [5, 5.41) is 12.7. The molecule has 1 aromatic heterocycles. The number of aryl methyl sites for hydroxylation is 1. The quantitative estimate of drug-likeness (QED) is 0.833. The van der Waals surface area contributed by atoms with Crippen molar-refractivity contribution in [2.75, 3.05) is 6.61 Å². The van der Waals surface area contributed by atoms with Gasteiger partial charge in [-0.1, -0.05) is 23.4 Å². The molecule has 0 radical (unpaired) electrons. The molecule has 0 fully saturated rings. The Kier molecular flexibility index (Phi) is 3.46. The molecule has 1 aromatic carbocycles. The van der Waals surface area contributed by atoms with E-state index in [1.165, 1.54) is 5.56 Å². The summed E-state index contributed by atoms with van der Waals surface area (Å²) >= 11 is 0. The van der Waals surface area contributed by atoms with Crippen molar-refractivity contribution in [3.05, 3.63) is 41.5 Å². The molecule has 0 spiro atoms. The first-order valence-corrected chi connectivity index (χ1v) is 6.54. The van der Waals surface area contributed by atoms with Gasteiger partial charge in [-0.25, -0.2) is 0 Å². The minimum absolute atomic E-state index is 0.146. The van der Waals surface area contributed by atoms with Crippen molar-refractivity contribution in [2.24, 2.45) is 0 Å². The number of unbranched alkanes of at least 4 members (excludes halogenated alkanes) is 1. The van der Waals surface area contributed by atoms with Crippen LogP contribution < -0.4 is 4.74 Å². The number of rotatable bonds is 5. The molecule has 5 nitrogen and oxygen atoms in total.